The second-order valence-corrected chi connectivity index (χ2v) is 7.58. The molecule has 2 unspecified atom stereocenters. The number of hydrogen-bond acceptors (Lipinski definition) is 6. The molecule has 5 N–H and O–H groups in total. The highest BCUT2D eigenvalue weighted by atomic mass is 19.2. The maximum absolute atomic E-state index is 13.9. The molecule has 29 heavy (non-hydrogen) atoms. The summed E-state index contributed by atoms with van der Waals surface area (Å²) in [7, 11) is 0. The van der Waals surface area contributed by atoms with Gasteiger partial charge in [0.15, 0.2) is 11.6 Å². The summed E-state index contributed by atoms with van der Waals surface area (Å²) in [6, 6.07) is 6.67. The number of pyridine rings is 1. The first-order valence-electron chi connectivity index (χ1n) is 9.70. The quantitative estimate of drug-likeness (QED) is 0.696. The van der Waals surface area contributed by atoms with Gasteiger partial charge in [0.25, 0.3) is 0 Å². The number of nitrogens with two attached hydrogens (primary N) is 2. The van der Waals surface area contributed by atoms with Crippen LogP contribution in [0.2, 0.25) is 0 Å². The Morgan fingerprint density at radius 2 is 1.97 bits per heavy atom. The van der Waals surface area contributed by atoms with E-state index in [-0.39, 0.29) is 12.1 Å². The average Bonchev–Trinajstić information content (AvgIpc) is 2.96. The molecule has 0 saturated carbocycles. The highest BCUT2D eigenvalue weighted by Crippen LogP contribution is 2.32. The number of nitrogens with zero attached hydrogens (tertiary/aromatic N) is 2. The molecule has 2 bridgehead atoms. The number of benzene rings is 1. The van der Waals surface area contributed by atoms with Crippen molar-refractivity contribution in [2.75, 3.05) is 18.1 Å². The minimum absolute atomic E-state index is 0.0471. The van der Waals surface area contributed by atoms with E-state index in [4.69, 9.17) is 16.2 Å². The van der Waals surface area contributed by atoms with E-state index in [1.54, 1.807) is 6.92 Å². The van der Waals surface area contributed by atoms with Gasteiger partial charge in [-0.05, 0) is 31.9 Å². The van der Waals surface area contributed by atoms with Gasteiger partial charge in [0, 0.05) is 23.0 Å². The van der Waals surface area contributed by atoms with E-state index < -0.39 is 11.6 Å². The van der Waals surface area contributed by atoms with E-state index in [0.29, 0.717) is 47.4 Å². The van der Waals surface area contributed by atoms with Crippen LogP contribution in [0.25, 0.3) is 11.5 Å². The largest absolute Gasteiger partial charge is 0.401 e. The lowest BCUT2D eigenvalue weighted by molar-refractivity contribution is 0.0906. The van der Waals surface area contributed by atoms with Crippen LogP contribution < -0.4 is 32.3 Å². The molecule has 1 aromatic carbocycles. The molecule has 0 radical (unpaired) electrons. The zero-order valence-corrected chi connectivity index (χ0v) is 16.3. The number of halogens is 2. The summed E-state index contributed by atoms with van der Waals surface area (Å²) in [6.45, 7) is 3.20. The number of nitrogens with one attached hydrogen (secondary N) is 1. The van der Waals surface area contributed by atoms with Crippen molar-refractivity contribution in [1.29, 1.82) is 0 Å². The lowest BCUT2D eigenvalue weighted by Crippen LogP contribution is -2.47. The number of fused-ring (bicyclic) bond motifs is 2. The van der Waals surface area contributed by atoms with Gasteiger partial charge in [-0.15, -0.1) is 0 Å². The zero-order chi connectivity index (χ0) is 20.5. The van der Waals surface area contributed by atoms with Gasteiger partial charge in [-0.25, -0.2) is 8.78 Å². The first kappa shape index (κ1) is 19.4. The van der Waals surface area contributed by atoms with Crippen LogP contribution in [-0.2, 0) is 11.3 Å². The number of ether oxygens (including phenoxy) is 1. The highest BCUT2D eigenvalue weighted by Gasteiger charge is 2.37. The van der Waals surface area contributed by atoms with Gasteiger partial charge in [-0.1, -0.05) is 12.1 Å². The van der Waals surface area contributed by atoms with Gasteiger partial charge < -0.3 is 26.4 Å². The van der Waals surface area contributed by atoms with Crippen LogP contribution in [0.15, 0.2) is 30.5 Å². The van der Waals surface area contributed by atoms with E-state index in [9.17, 15) is 8.78 Å². The summed E-state index contributed by atoms with van der Waals surface area (Å²) < 4.78 is 33.1. The summed E-state index contributed by atoms with van der Waals surface area (Å²) in [6.07, 6.45) is 3.98. The zero-order valence-electron chi connectivity index (χ0n) is 16.3. The molecular formula is C21H25F2N5O. The van der Waals surface area contributed by atoms with Crippen LogP contribution in [-0.4, -0.2) is 30.3 Å². The summed E-state index contributed by atoms with van der Waals surface area (Å²) >= 11 is 0. The van der Waals surface area contributed by atoms with E-state index in [0.717, 1.165) is 24.6 Å². The second kappa shape index (κ2) is 7.87. The second-order valence-electron chi connectivity index (χ2n) is 7.58. The first-order chi connectivity index (χ1) is 14.0. The molecule has 1 aromatic heterocycles. The molecule has 2 aliphatic heterocycles. The molecule has 4 rings (SSSR count). The predicted molar refractivity (Wildman–Crippen MR) is 108 cm³/mol. The molecule has 2 aromatic rings. The number of rotatable bonds is 4. The Morgan fingerprint density at radius 3 is 2.66 bits per heavy atom. The van der Waals surface area contributed by atoms with Crippen LogP contribution in [0.1, 0.15) is 25.3 Å². The summed E-state index contributed by atoms with van der Waals surface area (Å²) in [5, 5.41) is 4.19. The fourth-order valence-corrected chi connectivity index (χ4v) is 4.14. The number of anilines is 1. The summed E-state index contributed by atoms with van der Waals surface area (Å²) in [5.74, 6) is -1.46. The third-order valence-electron chi connectivity index (χ3n) is 5.58. The van der Waals surface area contributed by atoms with Crippen molar-refractivity contribution in [3.63, 3.8) is 0 Å². The average molecular weight is 401 g/mol. The lowest BCUT2D eigenvalue weighted by Gasteiger charge is -2.36. The van der Waals surface area contributed by atoms with Gasteiger partial charge in [0.05, 0.1) is 42.5 Å². The Labute approximate surface area is 167 Å². The van der Waals surface area contributed by atoms with Crippen LogP contribution in [0, 0.1) is 11.6 Å². The van der Waals surface area contributed by atoms with Gasteiger partial charge in [0.1, 0.15) is 5.82 Å². The third kappa shape index (κ3) is 3.72. The molecule has 0 spiro atoms. The monoisotopic (exact) mass is 401 g/mol. The molecule has 2 atom stereocenters. The normalized spacial score (nSPS) is 23.1. The smallest absolute Gasteiger partial charge is 0.163 e. The van der Waals surface area contributed by atoms with E-state index in [2.05, 4.69) is 15.2 Å². The maximum Gasteiger partial charge on any atom is 0.163 e. The number of morpholine rings is 1. The molecule has 6 nitrogen and oxygen atoms in total. The Hall–Kier alpha value is -2.87. The number of hydrogen-bond donors (Lipinski definition) is 3. The van der Waals surface area contributed by atoms with Crippen molar-refractivity contribution >= 4 is 17.2 Å². The lowest BCUT2D eigenvalue weighted by atomic mass is 10.2. The van der Waals surface area contributed by atoms with Crippen LogP contribution in [0.3, 0.4) is 0 Å². The summed E-state index contributed by atoms with van der Waals surface area (Å²) in [4.78, 5) is 6.88. The Kier molecular flexibility index (Phi) is 5.27. The molecule has 0 aliphatic carbocycles. The Bertz CT molecular complexity index is 1020. The van der Waals surface area contributed by atoms with E-state index in [1.807, 2.05) is 12.3 Å². The van der Waals surface area contributed by atoms with Crippen molar-refractivity contribution in [2.45, 2.75) is 38.4 Å². The predicted octanol–water partition coefficient (Wildman–Crippen LogP) is 0.628. The minimum atomic E-state index is -0.888. The molecular weight excluding hydrogens is 376 g/mol. The fourth-order valence-electron chi connectivity index (χ4n) is 4.14. The van der Waals surface area contributed by atoms with Crippen molar-refractivity contribution in [2.24, 2.45) is 11.5 Å². The molecule has 154 valence electrons. The maximum atomic E-state index is 13.9. The SMILES string of the molecule is C/C(N)=c1\ncc(N2C3CCC2COC3)c\c1=C(\N)NCc1cccc(F)c1F. The van der Waals surface area contributed by atoms with Gasteiger partial charge in [0.2, 0.25) is 0 Å². The van der Waals surface area contributed by atoms with Gasteiger partial charge in [-0.3, -0.25) is 4.98 Å². The number of aromatic nitrogens is 1. The van der Waals surface area contributed by atoms with E-state index in [1.165, 1.54) is 12.1 Å². The molecule has 0 amide bonds. The fraction of sp³-hybridized carbons (Fsp3) is 0.381. The van der Waals surface area contributed by atoms with Gasteiger partial charge >= 0.3 is 0 Å². The molecule has 2 saturated heterocycles. The topological polar surface area (TPSA) is 89.4 Å². The highest BCUT2D eigenvalue weighted by molar-refractivity contribution is 5.53. The third-order valence-corrected chi connectivity index (χ3v) is 5.58. The van der Waals surface area contributed by atoms with Crippen LogP contribution in [0.5, 0.6) is 0 Å². The molecule has 8 heteroatoms. The minimum Gasteiger partial charge on any atom is -0.401 e. The first-order valence-corrected chi connectivity index (χ1v) is 9.70. The molecule has 2 fully saturated rings. The summed E-state index contributed by atoms with van der Waals surface area (Å²) in [5.41, 5.74) is 14.0. The Morgan fingerprint density at radius 1 is 1.24 bits per heavy atom. The van der Waals surface area contributed by atoms with Crippen LogP contribution >= 0.6 is 0 Å². The Balaban J connectivity index is 1.71. The van der Waals surface area contributed by atoms with Crippen molar-refractivity contribution in [1.82, 2.24) is 10.3 Å². The molecule has 3 heterocycles. The standard InChI is InChI=1S/C21H25F2N5O/c1-12(24)20-17(21(25)27-8-13-3-2-4-18(22)19(13)23)7-16(9-26-20)28-14-5-6-15(28)11-29-10-14/h2-4,7,9,14-15,27H,5-6,8,10-11,24-25H2,1H3/b20-12+,21-17+. The van der Waals surface area contributed by atoms with Crippen LogP contribution in [0.4, 0.5) is 14.5 Å². The van der Waals surface area contributed by atoms with E-state index >= 15 is 0 Å². The molecule has 2 aliphatic rings. The van der Waals surface area contributed by atoms with Crippen molar-refractivity contribution < 1.29 is 13.5 Å². The van der Waals surface area contributed by atoms with Gasteiger partial charge in [-0.2, -0.15) is 0 Å². The van der Waals surface area contributed by atoms with Crippen molar-refractivity contribution in [3.8, 4) is 0 Å². The van der Waals surface area contributed by atoms with Crippen molar-refractivity contribution in [3.05, 3.63) is 58.2 Å².